The molecule has 1 aromatic rings. The average molecular weight is 232 g/mol. The lowest BCUT2D eigenvalue weighted by Crippen LogP contribution is -2.38. The molecule has 0 saturated carbocycles. The first-order chi connectivity index (χ1) is 8.04. The van der Waals surface area contributed by atoms with E-state index in [2.05, 4.69) is 49.2 Å². The summed E-state index contributed by atoms with van der Waals surface area (Å²) in [6.07, 6.45) is 2.60. The third kappa shape index (κ3) is 2.47. The van der Waals surface area contributed by atoms with Crippen molar-refractivity contribution in [2.24, 2.45) is 0 Å². The van der Waals surface area contributed by atoms with Crippen LogP contribution in [0.1, 0.15) is 37.8 Å². The predicted molar refractivity (Wildman–Crippen MR) is 74.6 cm³/mol. The van der Waals surface area contributed by atoms with E-state index in [-0.39, 0.29) is 0 Å². The van der Waals surface area contributed by atoms with E-state index in [1.165, 1.54) is 36.2 Å². The number of aryl methyl sites for hydroxylation is 1. The zero-order valence-electron chi connectivity index (χ0n) is 11.5. The molecule has 0 bridgehead atoms. The number of nitrogens with one attached hydrogen (secondary N) is 1. The summed E-state index contributed by atoms with van der Waals surface area (Å²) in [6.45, 7) is 9.00. The zero-order valence-corrected chi connectivity index (χ0v) is 11.5. The second-order valence-electron chi connectivity index (χ2n) is 5.73. The van der Waals surface area contributed by atoms with Crippen molar-refractivity contribution in [3.05, 3.63) is 29.3 Å². The SMILES string of the molecule is CNCc1cc(C)ccc1N1CCCC1(C)C. The Hall–Kier alpha value is -1.02. The minimum absolute atomic E-state index is 0.303. The predicted octanol–water partition coefficient (Wildman–Crippen LogP) is 3.09. The maximum absolute atomic E-state index is 3.28. The topological polar surface area (TPSA) is 15.3 Å². The Balaban J connectivity index is 2.37. The van der Waals surface area contributed by atoms with Crippen LogP contribution in [0.4, 0.5) is 5.69 Å². The van der Waals surface area contributed by atoms with Crippen LogP contribution in [0.15, 0.2) is 18.2 Å². The summed E-state index contributed by atoms with van der Waals surface area (Å²) in [5.41, 5.74) is 4.48. The van der Waals surface area contributed by atoms with Crippen LogP contribution in [-0.2, 0) is 6.54 Å². The summed E-state index contributed by atoms with van der Waals surface area (Å²) in [4.78, 5) is 2.57. The van der Waals surface area contributed by atoms with Crippen molar-refractivity contribution in [2.45, 2.75) is 45.7 Å². The molecule has 0 amide bonds. The molecule has 0 radical (unpaired) electrons. The smallest absolute Gasteiger partial charge is 0.0416 e. The summed E-state index contributed by atoms with van der Waals surface area (Å²) in [5, 5.41) is 3.28. The molecule has 1 aliphatic rings. The van der Waals surface area contributed by atoms with Crippen molar-refractivity contribution in [3.63, 3.8) is 0 Å². The number of hydrogen-bond donors (Lipinski definition) is 1. The fraction of sp³-hybridized carbons (Fsp3) is 0.600. The average Bonchev–Trinajstić information content (AvgIpc) is 2.59. The molecule has 2 nitrogen and oxygen atoms in total. The van der Waals surface area contributed by atoms with Crippen molar-refractivity contribution in [1.82, 2.24) is 5.32 Å². The molecular weight excluding hydrogens is 208 g/mol. The zero-order chi connectivity index (χ0) is 12.5. The van der Waals surface area contributed by atoms with Crippen LogP contribution >= 0.6 is 0 Å². The Bertz CT molecular complexity index is 396. The Morgan fingerprint density at radius 2 is 2.12 bits per heavy atom. The third-order valence-corrected chi connectivity index (χ3v) is 3.79. The normalized spacial score (nSPS) is 18.7. The van der Waals surface area contributed by atoms with E-state index in [4.69, 9.17) is 0 Å². The monoisotopic (exact) mass is 232 g/mol. The van der Waals surface area contributed by atoms with Crippen LogP contribution in [0.5, 0.6) is 0 Å². The van der Waals surface area contributed by atoms with Crippen LogP contribution in [0.2, 0.25) is 0 Å². The lowest BCUT2D eigenvalue weighted by Gasteiger charge is -2.35. The van der Waals surface area contributed by atoms with E-state index in [1.54, 1.807) is 0 Å². The second kappa shape index (κ2) is 4.69. The van der Waals surface area contributed by atoms with Gasteiger partial charge in [0, 0.05) is 24.3 Å². The molecule has 0 spiro atoms. The number of rotatable bonds is 3. The standard InChI is InChI=1S/C15H24N2/c1-12-6-7-14(13(10-12)11-16-4)17-9-5-8-15(17,2)3/h6-7,10,16H,5,8-9,11H2,1-4H3. The highest BCUT2D eigenvalue weighted by atomic mass is 15.2. The van der Waals surface area contributed by atoms with Crippen LogP contribution in [0.25, 0.3) is 0 Å². The lowest BCUT2D eigenvalue weighted by molar-refractivity contribution is 0.516. The van der Waals surface area contributed by atoms with Crippen LogP contribution in [0.3, 0.4) is 0 Å². The van der Waals surface area contributed by atoms with Crippen LogP contribution < -0.4 is 10.2 Å². The lowest BCUT2D eigenvalue weighted by atomic mass is 10.00. The molecule has 2 heteroatoms. The van der Waals surface area contributed by atoms with E-state index in [9.17, 15) is 0 Å². The summed E-state index contributed by atoms with van der Waals surface area (Å²) >= 11 is 0. The third-order valence-electron chi connectivity index (χ3n) is 3.79. The van der Waals surface area contributed by atoms with E-state index in [0.29, 0.717) is 5.54 Å². The molecule has 1 heterocycles. The number of benzene rings is 1. The van der Waals surface area contributed by atoms with Crippen molar-refractivity contribution < 1.29 is 0 Å². The molecule has 0 aromatic heterocycles. The maximum atomic E-state index is 3.28. The fourth-order valence-electron chi connectivity index (χ4n) is 2.86. The van der Waals surface area contributed by atoms with Gasteiger partial charge in [-0.2, -0.15) is 0 Å². The first kappa shape index (κ1) is 12.4. The van der Waals surface area contributed by atoms with Crippen LogP contribution in [-0.4, -0.2) is 19.1 Å². The van der Waals surface area contributed by atoms with Gasteiger partial charge in [-0.15, -0.1) is 0 Å². The summed E-state index contributed by atoms with van der Waals surface area (Å²) in [5.74, 6) is 0. The van der Waals surface area contributed by atoms with Crippen molar-refractivity contribution in [3.8, 4) is 0 Å². The fourth-order valence-corrected chi connectivity index (χ4v) is 2.86. The molecule has 0 atom stereocenters. The van der Waals surface area contributed by atoms with Gasteiger partial charge in [0.1, 0.15) is 0 Å². The van der Waals surface area contributed by atoms with Gasteiger partial charge in [-0.1, -0.05) is 17.7 Å². The van der Waals surface area contributed by atoms with Crippen LogP contribution in [0, 0.1) is 6.92 Å². The highest BCUT2D eigenvalue weighted by molar-refractivity contribution is 5.57. The summed E-state index contributed by atoms with van der Waals surface area (Å²) in [7, 11) is 2.02. The molecule has 1 aromatic carbocycles. The van der Waals surface area contributed by atoms with Gasteiger partial charge in [-0.3, -0.25) is 0 Å². The quantitative estimate of drug-likeness (QED) is 0.861. The molecule has 0 unspecified atom stereocenters. The maximum Gasteiger partial charge on any atom is 0.0416 e. The van der Waals surface area contributed by atoms with Gasteiger partial charge < -0.3 is 10.2 Å². The van der Waals surface area contributed by atoms with Crippen molar-refractivity contribution >= 4 is 5.69 Å². The number of anilines is 1. The van der Waals surface area contributed by atoms with E-state index in [1.807, 2.05) is 7.05 Å². The number of hydrogen-bond acceptors (Lipinski definition) is 2. The van der Waals surface area contributed by atoms with Gasteiger partial charge in [0.2, 0.25) is 0 Å². The van der Waals surface area contributed by atoms with E-state index >= 15 is 0 Å². The highest BCUT2D eigenvalue weighted by Crippen LogP contribution is 2.35. The first-order valence-electron chi connectivity index (χ1n) is 6.56. The second-order valence-corrected chi connectivity index (χ2v) is 5.73. The van der Waals surface area contributed by atoms with Gasteiger partial charge >= 0.3 is 0 Å². The van der Waals surface area contributed by atoms with E-state index in [0.717, 1.165) is 6.54 Å². The van der Waals surface area contributed by atoms with Gasteiger partial charge in [0.05, 0.1) is 0 Å². The van der Waals surface area contributed by atoms with Gasteiger partial charge in [0.15, 0.2) is 0 Å². The first-order valence-corrected chi connectivity index (χ1v) is 6.56. The minimum atomic E-state index is 0.303. The van der Waals surface area contributed by atoms with Crippen molar-refractivity contribution in [2.75, 3.05) is 18.5 Å². The minimum Gasteiger partial charge on any atom is -0.366 e. The Kier molecular flexibility index (Phi) is 3.43. The van der Waals surface area contributed by atoms with Gasteiger partial charge in [0.25, 0.3) is 0 Å². The van der Waals surface area contributed by atoms with Gasteiger partial charge in [-0.05, 0) is 52.3 Å². The highest BCUT2D eigenvalue weighted by Gasteiger charge is 2.32. The molecule has 2 rings (SSSR count). The summed E-state index contributed by atoms with van der Waals surface area (Å²) in [6, 6.07) is 6.82. The summed E-state index contributed by atoms with van der Waals surface area (Å²) < 4.78 is 0. The Morgan fingerprint density at radius 3 is 2.71 bits per heavy atom. The van der Waals surface area contributed by atoms with E-state index < -0.39 is 0 Å². The molecule has 1 saturated heterocycles. The van der Waals surface area contributed by atoms with Gasteiger partial charge in [-0.25, -0.2) is 0 Å². The number of nitrogens with zero attached hydrogens (tertiary/aromatic N) is 1. The molecule has 0 aliphatic carbocycles. The molecule has 1 fully saturated rings. The Morgan fingerprint density at radius 1 is 1.35 bits per heavy atom. The molecular formula is C15H24N2. The largest absolute Gasteiger partial charge is 0.366 e. The molecule has 1 aliphatic heterocycles. The Labute approximate surface area is 105 Å². The van der Waals surface area contributed by atoms with Crippen molar-refractivity contribution in [1.29, 1.82) is 0 Å². The molecule has 1 N–H and O–H groups in total. The molecule has 17 heavy (non-hydrogen) atoms. The molecule has 94 valence electrons.